The first-order valence-electron chi connectivity index (χ1n) is 6.25. The van der Waals surface area contributed by atoms with Crippen LogP contribution in [-0.2, 0) is 0 Å². The van der Waals surface area contributed by atoms with Crippen molar-refractivity contribution in [1.82, 2.24) is 4.98 Å². The molecule has 2 aromatic carbocycles. The van der Waals surface area contributed by atoms with Crippen LogP contribution in [0.4, 0.5) is 13.2 Å². The fourth-order valence-electron chi connectivity index (χ4n) is 2.27. The van der Waals surface area contributed by atoms with E-state index in [9.17, 15) is 18.0 Å². The van der Waals surface area contributed by atoms with Gasteiger partial charge in [-0.05, 0) is 30.7 Å². The largest absolute Gasteiger partial charge is 0.360 e. The third kappa shape index (κ3) is 2.11. The third-order valence-electron chi connectivity index (χ3n) is 3.36. The third-order valence-corrected chi connectivity index (χ3v) is 3.36. The van der Waals surface area contributed by atoms with Gasteiger partial charge in [0.2, 0.25) is 0 Å². The van der Waals surface area contributed by atoms with Crippen molar-refractivity contribution in [2.45, 2.75) is 6.92 Å². The Hall–Kier alpha value is -2.56. The topological polar surface area (TPSA) is 32.9 Å². The second kappa shape index (κ2) is 4.77. The van der Waals surface area contributed by atoms with Crippen molar-refractivity contribution in [3.8, 4) is 0 Å². The van der Waals surface area contributed by atoms with Gasteiger partial charge in [0, 0.05) is 22.7 Å². The summed E-state index contributed by atoms with van der Waals surface area (Å²) >= 11 is 0. The maximum Gasteiger partial charge on any atom is 0.198 e. The van der Waals surface area contributed by atoms with Crippen LogP contribution < -0.4 is 0 Å². The van der Waals surface area contributed by atoms with Gasteiger partial charge in [0.15, 0.2) is 23.2 Å². The summed E-state index contributed by atoms with van der Waals surface area (Å²) < 4.78 is 39.9. The van der Waals surface area contributed by atoms with E-state index in [4.69, 9.17) is 0 Å². The van der Waals surface area contributed by atoms with Crippen molar-refractivity contribution in [2.24, 2.45) is 0 Å². The average molecular weight is 289 g/mol. The molecule has 5 heteroatoms. The molecule has 1 heterocycles. The highest BCUT2D eigenvalue weighted by Crippen LogP contribution is 2.24. The molecule has 0 amide bonds. The van der Waals surface area contributed by atoms with Gasteiger partial charge in [0.25, 0.3) is 0 Å². The Kier molecular flexibility index (Phi) is 3.05. The quantitative estimate of drug-likeness (QED) is 0.558. The van der Waals surface area contributed by atoms with Crippen molar-refractivity contribution >= 4 is 16.7 Å². The second-order valence-electron chi connectivity index (χ2n) is 4.80. The first kappa shape index (κ1) is 13.4. The minimum Gasteiger partial charge on any atom is -0.360 e. The molecule has 0 saturated carbocycles. The smallest absolute Gasteiger partial charge is 0.198 e. The van der Waals surface area contributed by atoms with Gasteiger partial charge in [0.1, 0.15) is 0 Å². The highest BCUT2D eigenvalue weighted by molar-refractivity contribution is 6.16. The molecule has 0 aliphatic carbocycles. The van der Waals surface area contributed by atoms with Crippen LogP contribution in [0.15, 0.2) is 36.5 Å². The van der Waals surface area contributed by atoms with E-state index in [-0.39, 0.29) is 5.56 Å². The summed E-state index contributed by atoms with van der Waals surface area (Å²) in [6, 6.07) is 7.07. The molecule has 106 valence electrons. The zero-order chi connectivity index (χ0) is 15.1. The zero-order valence-electron chi connectivity index (χ0n) is 11.0. The van der Waals surface area contributed by atoms with Gasteiger partial charge in [-0.2, -0.15) is 0 Å². The summed E-state index contributed by atoms with van der Waals surface area (Å²) in [7, 11) is 0. The molecule has 2 nitrogen and oxygen atoms in total. The van der Waals surface area contributed by atoms with Gasteiger partial charge in [0.05, 0.1) is 5.56 Å². The number of aryl methyl sites for hydroxylation is 1. The Morgan fingerprint density at radius 1 is 1.00 bits per heavy atom. The summed E-state index contributed by atoms with van der Waals surface area (Å²) in [5.74, 6) is -5.13. The lowest BCUT2D eigenvalue weighted by molar-refractivity contribution is 0.103. The van der Waals surface area contributed by atoms with Crippen molar-refractivity contribution < 1.29 is 18.0 Å². The zero-order valence-corrected chi connectivity index (χ0v) is 11.0. The monoisotopic (exact) mass is 289 g/mol. The fourth-order valence-corrected chi connectivity index (χ4v) is 2.27. The van der Waals surface area contributed by atoms with Gasteiger partial charge in [-0.15, -0.1) is 0 Å². The lowest BCUT2D eigenvalue weighted by atomic mass is 10.0. The number of fused-ring (bicyclic) bond motifs is 1. The van der Waals surface area contributed by atoms with E-state index < -0.39 is 28.8 Å². The second-order valence-corrected chi connectivity index (χ2v) is 4.80. The average Bonchev–Trinajstić information content (AvgIpc) is 2.87. The Balaban J connectivity index is 2.15. The molecule has 3 aromatic rings. The van der Waals surface area contributed by atoms with Crippen LogP contribution in [0.3, 0.4) is 0 Å². The van der Waals surface area contributed by atoms with Gasteiger partial charge in [-0.3, -0.25) is 4.79 Å². The molecule has 1 N–H and O–H groups in total. The number of aromatic nitrogens is 1. The Morgan fingerprint density at radius 3 is 2.52 bits per heavy atom. The fraction of sp³-hybridized carbons (Fsp3) is 0.0625. The van der Waals surface area contributed by atoms with E-state index in [1.165, 1.54) is 6.20 Å². The van der Waals surface area contributed by atoms with E-state index in [1.807, 2.05) is 19.1 Å². The maximum absolute atomic E-state index is 13.7. The molecule has 0 atom stereocenters. The van der Waals surface area contributed by atoms with Crippen molar-refractivity contribution in [3.63, 3.8) is 0 Å². The van der Waals surface area contributed by atoms with Gasteiger partial charge in [-0.1, -0.05) is 12.1 Å². The van der Waals surface area contributed by atoms with Gasteiger partial charge >= 0.3 is 0 Å². The maximum atomic E-state index is 13.7. The number of hydrogen-bond acceptors (Lipinski definition) is 1. The summed E-state index contributed by atoms with van der Waals surface area (Å²) in [6.07, 6.45) is 1.44. The summed E-state index contributed by atoms with van der Waals surface area (Å²) in [5.41, 5.74) is 1.45. The molecule has 0 radical (unpaired) electrons. The van der Waals surface area contributed by atoms with E-state index in [1.54, 1.807) is 6.07 Å². The number of aromatic amines is 1. The van der Waals surface area contributed by atoms with Crippen molar-refractivity contribution in [3.05, 3.63) is 70.7 Å². The van der Waals surface area contributed by atoms with E-state index in [0.717, 1.165) is 23.2 Å². The first-order chi connectivity index (χ1) is 9.99. The Morgan fingerprint density at radius 2 is 1.76 bits per heavy atom. The van der Waals surface area contributed by atoms with E-state index >= 15 is 0 Å². The molecule has 1 aromatic heterocycles. The molecular formula is C16H10F3NO. The SMILES string of the molecule is Cc1ccc2c(C(=O)c3ccc(F)c(F)c3F)c[nH]c2c1. The summed E-state index contributed by atoms with van der Waals surface area (Å²) in [5, 5.41) is 0.606. The standard InChI is InChI=1S/C16H10F3NO/c1-8-2-3-9-11(7-20-13(9)6-8)16(21)10-4-5-12(17)15(19)14(10)18/h2-7,20H,1H3. The normalized spacial score (nSPS) is 11.0. The number of benzene rings is 2. The Labute approximate surface area is 118 Å². The van der Waals surface area contributed by atoms with Crippen LogP contribution >= 0.6 is 0 Å². The van der Waals surface area contributed by atoms with Crippen LogP contribution in [0.5, 0.6) is 0 Å². The highest BCUT2D eigenvalue weighted by Gasteiger charge is 2.22. The van der Waals surface area contributed by atoms with Gasteiger partial charge < -0.3 is 4.98 Å². The number of carbonyl (C=O) groups excluding carboxylic acids is 1. The predicted molar refractivity (Wildman–Crippen MR) is 72.8 cm³/mol. The number of carbonyl (C=O) groups is 1. The van der Waals surface area contributed by atoms with Crippen LogP contribution in [0.1, 0.15) is 21.5 Å². The van der Waals surface area contributed by atoms with E-state index in [2.05, 4.69) is 4.98 Å². The predicted octanol–water partition coefficient (Wildman–Crippen LogP) is 4.12. The Bertz CT molecular complexity index is 867. The number of ketones is 1. The molecule has 0 fully saturated rings. The minimum atomic E-state index is -1.64. The van der Waals surface area contributed by atoms with Crippen molar-refractivity contribution in [1.29, 1.82) is 0 Å². The number of hydrogen-bond donors (Lipinski definition) is 1. The molecule has 0 saturated heterocycles. The molecule has 0 bridgehead atoms. The lowest BCUT2D eigenvalue weighted by Crippen LogP contribution is -2.06. The van der Waals surface area contributed by atoms with Crippen LogP contribution in [0.2, 0.25) is 0 Å². The summed E-state index contributed by atoms with van der Waals surface area (Å²) in [6.45, 7) is 1.90. The molecule has 0 aliphatic heterocycles. The van der Waals surface area contributed by atoms with Crippen molar-refractivity contribution in [2.75, 3.05) is 0 Å². The molecule has 0 aliphatic rings. The number of halogens is 3. The van der Waals surface area contributed by atoms with Crippen LogP contribution in [0, 0.1) is 24.4 Å². The molecular weight excluding hydrogens is 279 g/mol. The van der Waals surface area contributed by atoms with Crippen LogP contribution in [0.25, 0.3) is 10.9 Å². The first-order valence-corrected chi connectivity index (χ1v) is 6.25. The number of rotatable bonds is 2. The van der Waals surface area contributed by atoms with Gasteiger partial charge in [-0.25, -0.2) is 13.2 Å². The number of nitrogens with one attached hydrogen (secondary N) is 1. The highest BCUT2D eigenvalue weighted by atomic mass is 19.2. The molecule has 21 heavy (non-hydrogen) atoms. The summed E-state index contributed by atoms with van der Waals surface area (Å²) in [4.78, 5) is 15.3. The molecule has 0 spiro atoms. The van der Waals surface area contributed by atoms with E-state index in [0.29, 0.717) is 5.39 Å². The minimum absolute atomic E-state index is 0.218. The number of H-pyrrole nitrogens is 1. The van der Waals surface area contributed by atoms with Crippen LogP contribution in [-0.4, -0.2) is 10.8 Å². The lowest BCUT2D eigenvalue weighted by Gasteiger charge is -2.03. The molecule has 3 rings (SSSR count). The molecule has 0 unspecified atom stereocenters.